The number of nitrogens with one attached hydrogen (secondary N) is 3. The molecule has 174 valence electrons. The monoisotopic (exact) mass is 467 g/mol. The van der Waals surface area contributed by atoms with Crippen LogP contribution in [0.5, 0.6) is 0 Å². The van der Waals surface area contributed by atoms with Gasteiger partial charge in [-0.2, -0.15) is 0 Å². The van der Waals surface area contributed by atoms with Gasteiger partial charge >= 0.3 is 11.7 Å². The second-order valence-corrected chi connectivity index (χ2v) is 6.45. The number of aromatic nitrogens is 2. The van der Waals surface area contributed by atoms with E-state index in [-0.39, 0.29) is 23.8 Å². The lowest BCUT2D eigenvalue weighted by atomic mass is 10.2. The van der Waals surface area contributed by atoms with E-state index in [2.05, 4.69) is 26.1 Å². The molecule has 0 atom stereocenters. The Balaban J connectivity index is 1.80. The Hall–Kier alpha value is -5.14. The number of nitrogens with zero attached hydrogens (tertiary/aromatic N) is 4. The van der Waals surface area contributed by atoms with Gasteiger partial charge < -0.3 is 10.1 Å². The predicted octanol–water partition coefficient (Wildman–Crippen LogP) is 2.97. The second kappa shape index (κ2) is 10.4. The normalized spacial score (nSPS) is 10.1. The Morgan fingerprint density at radius 2 is 1.65 bits per heavy atom. The fourth-order valence-corrected chi connectivity index (χ4v) is 2.78. The van der Waals surface area contributed by atoms with Crippen molar-refractivity contribution < 1.29 is 24.2 Å². The van der Waals surface area contributed by atoms with Crippen molar-refractivity contribution in [1.29, 1.82) is 0 Å². The number of benzene rings is 2. The third-order valence-corrected chi connectivity index (χ3v) is 4.30. The molecule has 14 nitrogen and oxygen atoms in total. The van der Waals surface area contributed by atoms with Crippen molar-refractivity contribution in [3.05, 3.63) is 86.2 Å². The van der Waals surface area contributed by atoms with Gasteiger partial charge in [-0.25, -0.2) is 14.8 Å². The molecule has 0 radical (unpaired) electrons. The highest BCUT2D eigenvalue weighted by Crippen LogP contribution is 2.31. The smallest absolute Gasteiger partial charge is 0.355 e. The summed E-state index contributed by atoms with van der Waals surface area (Å²) in [4.78, 5) is 53.1. The van der Waals surface area contributed by atoms with E-state index in [4.69, 9.17) is 4.74 Å². The summed E-state index contributed by atoms with van der Waals surface area (Å²) in [6.07, 6.45) is 1.02. The summed E-state index contributed by atoms with van der Waals surface area (Å²) in [6, 6.07) is 11.2. The highest BCUT2D eigenvalue weighted by atomic mass is 16.6. The molecule has 34 heavy (non-hydrogen) atoms. The van der Waals surface area contributed by atoms with Gasteiger partial charge in [-0.15, -0.1) is 0 Å². The molecule has 0 aliphatic heterocycles. The van der Waals surface area contributed by atoms with Crippen LogP contribution in [0.3, 0.4) is 0 Å². The average Bonchev–Trinajstić information content (AvgIpc) is 2.83. The van der Waals surface area contributed by atoms with Gasteiger partial charge in [-0.1, -0.05) is 12.1 Å². The summed E-state index contributed by atoms with van der Waals surface area (Å²) in [7, 11) is 0. The average molecular weight is 467 g/mol. The zero-order chi connectivity index (χ0) is 24.7. The van der Waals surface area contributed by atoms with E-state index in [1.165, 1.54) is 42.5 Å². The number of anilines is 3. The van der Waals surface area contributed by atoms with E-state index >= 15 is 0 Å². The molecule has 0 fully saturated rings. The maximum absolute atomic E-state index is 12.4. The number of rotatable bonds is 9. The molecule has 1 aromatic heterocycles. The molecule has 1 amide bonds. The molecule has 2 aromatic carbocycles. The SMILES string of the molecule is CCOC(=O)c1ccc(Nc2ncnc(NNC(=O)c3ccccc3[N+](=O)[O-])c2[N+](=O)[O-])cc1. The Morgan fingerprint density at radius 3 is 2.29 bits per heavy atom. The van der Waals surface area contributed by atoms with Crippen LogP contribution in [0, 0.1) is 20.2 Å². The maximum atomic E-state index is 12.4. The van der Waals surface area contributed by atoms with Crippen molar-refractivity contribution >= 4 is 40.6 Å². The molecule has 3 rings (SSSR count). The first-order valence-corrected chi connectivity index (χ1v) is 9.65. The number of nitro groups is 2. The van der Waals surface area contributed by atoms with Crippen molar-refractivity contribution in [2.45, 2.75) is 6.92 Å². The summed E-state index contributed by atoms with van der Waals surface area (Å²) in [5.74, 6) is -1.98. The van der Waals surface area contributed by atoms with Gasteiger partial charge in [0.25, 0.3) is 11.6 Å². The molecule has 0 spiro atoms. The maximum Gasteiger partial charge on any atom is 0.355 e. The van der Waals surface area contributed by atoms with Crippen LogP contribution in [-0.2, 0) is 4.74 Å². The first-order valence-electron chi connectivity index (χ1n) is 9.65. The first kappa shape index (κ1) is 23.5. The van der Waals surface area contributed by atoms with Gasteiger partial charge in [0.15, 0.2) is 0 Å². The molecule has 0 saturated carbocycles. The lowest BCUT2D eigenvalue weighted by Crippen LogP contribution is -2.30. The predicted molar refractivity (Wildman–Crippen MR) is 119 cm³/mol. The van der Waals surface area contributed by atoms with Crippen molar-refractivity contribution in [2.24, 2.45) is 0 Å². The third kappa shape index (κ3) is 5.37. The van der Waals surface area contributed by atoms with Gasteiger partial charge in [-0.05, 0) is 37.3 Å². The summed E-state index contributed by atoms with van der Waals surface area (Å²) in [6.45, 7) is 1.90. The number of nitro benzene ring substituents is 1. The molecule has 14 heteroatoms. The van der Waals surface area contributed by atoms with Gasteiger partial charge in [0.2, 0.25) is 11.6 Å². The van der Waals surface area contributed by atoms with Crippen LogP contribution in [0.25, 0.3) is 0 Å². The second-order valence-electron chi connectivity index (χ2n) is 6.45. The molecule has 0 saturated heterocycles. The van der Waals surface area contributed by atoms with Gasteiger partial charge in [0.1, 0.15) is 11.9 Å². The fraction of sp³-hybridized carbons (Fsp3) is 0.100. The molecule has 0 aliphatic rings. The lowest BCUT2D eigenvalue weighted by Gasteiger charge is -2.11. The van der Waals surface area contributed by atoms with E-state index in [1.807, 2.05) is 0 Å². The molecular weight excluding hydrogens is 450 g/mol. The van der Waals surface area contributed by atoms with E-state index in [9.17, 15) is 29.8 Å². The van der Waals surface area contributed by atoms with E-state index in [1.54, 1.807) is 6.92 Å². The van der Waals surface area contributed by atoms with Crippen molar-refractivity contribution in [2.75, 3.05) is 17.3 Å². The highest BCUT2D eigenvalue weighted by Gasteiger charge is 2.25. The van der Waals surface area contributed by atoms with Crippen LogP contribution in [0.4, 0.5) is 28.7 Å². The van der Waals surface area contributed by atoms with Gasteiger partial charge in [-0.3, -0.25) is 35.9 Å². The Bertz CT molecular complexity index is 1250. The van der Waals surface area contributed by atoms with Gasteiger partial charge in [0, 0.05) is 11.8 Å². The number of carbonyl (C=O) groups excluding carboxylic acids is 2. The van der Waals surface area contributed by atoms with Crippen LogP contribution < -0.4 is 16.2 Å². The zero-order valence-corrected chi connectivity index (χ0v) is 17.5. The Labute approximate surface area is 191 Å². The minimum atomic E-state index is -0.899. The van der Waals surface area contributed by atoms with Crippen LogP contribution in [0.1, 0.15) is 27.6 Å². The minimum Gasteiger partial charge on any atom is -0.462 e. The quantitative estimate of drug-likeness (QED) is 0.238. The van der Waals surface area contributed by atoms with E-state index in [0.29, 0.717) is 11.3 Å². The minimum absolute atomic E-state index is 0.202. The Kier molecular flexibility index (Phi) is 7.23. The van der Waals surface area contributed by atoms with Crippen LogP contribution in [0.15, 0.2) is 54.9 Å². The molecule has 0 aliphatic carbocycles. The highest BCUT2D eigenvalue weighted by molar-refractivity contribution is 5.98. The summed E-state index contributed by atoms with van der Waals surface area (Å²) >= 11 is 0. The number of hydrazine groups is 1. The molecule has 0 unspecified atom stereocenters. The van der Waals surface area contributed by atoms with Crippen molar-refractivity contribution in [3.63, 3.8) is 0 Å². The zero-order valence-electron chi connectivity index (χ0n) is 17.5. The molecular formula is C20H17N7O7. The molecule has 3 N–H and O–H groups in total. The van der Waals surface area contributed by atoms with Gasteiger partial charge in [0.05, 0.1) is 22.0 Å². The number of esters is 1. The van der Waals surface area contributed by atoms with Crippen LogP contribution in [-0.4, -0.2) is 38.3 Å². The number of amides is 1. The van der Waals surface area contributed by atoms with Crippen molar-refractivity contribution in [3.8, 4) is 0 Å². The number of hydrogen-bond donors (Lipinski definition) is 3. The molecule has 0 bridgehead atoms. The number of carbonyl (C=O) groups is 2. The number of hydrogen-bond acceptors (Lipinski definition) is 11. The fourth-order valence-electron chi connectivity index (χ4n) is 2.78. The van der Waals surface area contributed by atoms with E-state index < -0.39 is 33.1 Å². The molecule has 1 heterocycles. The first-order chi connectivity index (χ1) is 16.3. The standard InChI is InChI=1S/C20H17N7O7/c1-2-34-20(29)12-7-9-13(10-8-12)23-17-16(27(32)33)18(22-11-21-17)24-25-19(28)14-5-3-4-6-15(14)26(30)31/h3-11H,2H2,1H3,(H,25,28)(H2,21,22,23,24). The summed E-state index contributed by atoms with van der Waals surface area (Å²) in [5.41, 5.74) is 3.86. The Morgan fingerprint density at radius 1 is 0.971 bits per heavy atom. The third-order valence-electron chi connectivity index (χ3n) is 4.30. The van der Waals surface area contributed by atoms with Crippen molar-refractivity contribution in [1.82, 2.24) is 15.4 Å². The lowest BCUT2D eigenvalue weighted by molar-refractivity contribution is -0.385. The topological polar surface area (TPSA) is 192 Å². The summed E-state index contributed by atoms with van der Waals surface area (Å²) < 4.78 is 4.90. The largest absolute Gasteiger partial charge is 0.462 e. The summed E-state index contributed by atoms with van der Waals surface area (Å²) in [5, 5.41) is 25.6. The number of para-hydroxylation sites is 1. The van der Waals surface area contributed by atoms with E-state index in [0.717, 1.165) is 12.4 Å². The number of ether oxygens (including phenoxy) is 1. The van der Waals surface area contributed by atoms with Crippen LogP contribution in [0.2, 0.25) is 0 Å². The molecule has 3 aromatic rings. The van der Waals surface area contributed by atoms with Crippen LogP contribution >= 0.6 is 0 Å².